The molecular formula is C27H36N2O5Se. The van der Waals surface area contributed by atoms with E-state index in [1.165, 1.54) is 0 Å². The van der Waals surface area contributed by atoms with Crippen molar-refractivity contribution in [2.24, 2.45) is 0 Å². The first kappa shape index (κ1) is 27.1. The SMILES string of the molecule is CCOC(=O)N(Cc1ccccc1)[C@@H]([Se]c1ccccc1)[C@@H]1COC(C)(C)N1C(=O)OC(C)(C)C. The summed E-state index contributed by atoms with van der Waals surface area (Å²) < 4.78 is 18.5. The van der Waals surface area contributed by atoms with Gasteiger partial charge in [-0.3, -0.25) is 0 Å². The van der Waals surface area contributed by atoms with E-state index < -0.39 is 29.6 Å². The zero-order valence-corrected chi connectivity index (χ0v) is 23.1. The number of ether oxygens (including phenoxy) is 3. The first-order chi connectivity index (χ1) is 16.5. The van der Waals surface area contributed by atoms with E-state index in [-0.39, 0.29) is 33.1 Å². The Morgan fingerprint density at radius 1 is 1.11 bits per heavy atom. The van der Waals surface area contributed by atoms with E-state index in [0.717, 1.165) is 10.0 Å². The monoisotopic (exact) mass is 548 g/mol. The molecule has 0 aliphatic carbocycles. The molecule has 0 N–H and O–H groups in total. The molecular weight excluding hydrogens is 511 g/mol. The Kier molecular flexibility index (Phi) is 8.86. The van der Waals surface area contributed by atoms with E-state index in [4.69, 9.17) is 14.2 Å². The third kappa shape index (κ3) is 7.23. The molecule has 2 amide bonds. The summed E-state index contributed by atoms with van der Waals surface area (Å²) in [5, 5.41) is 0. The van der Waals surface area contributed by atoms with Crippen LogP contribution in [0.5, 0.6) is 0 Å². The molecule has 1 saturated heterocycles. The second-order valence-corrected chi connectivity index (χ2v) is 12.3. The fourth-order valence-corrected chi connectivity index (χ4v) is 6.54. The minimum atomic E-state index is -0.884. The van der Waals surface area contributed by atoms with Crippen molar-refractivity contribution in [2.75, 3.05) is 13.2 Å². The van der Waals surface area contributed by atoms with E-state index >= 15 is 0 Å². The number of carbonyl (C=O) groups excluding carboxylic acids is 2. The second kappa shape index (κ2) is 11.5. The van der Waals surface area contributed by atoms with Crippen LogP contribution in [0, 0.1) is 0 Å². The molecule has 1 fully saturated rings. The second-order valence-electron chi connectivity index (χ2n) is 9.81. The third-order valence-corrected chi connectivity index (χ3v) is 8.29. The van der Waals surface area contributed by atoms with Gasteiger partial charge in [0.1, 0.15) is 0 Å². The molecule has 7 nitrogen and oxygen atoms in total. The summed E-state index contributed by atoms with van der Waals surface area (Å²) in [7, 11) is 0. The fourth-order valence-electron chi connectivity index (χ4n) is 3.94. The van der Waals surface area contributed by atoms with Crippen molar-refractivity contribution in [3.05, 3.63) is 66.2 Å². The number of hydrogen-bond donors (Lipinski definition) is 0. The van der Waals surface area contributed by atoms with E-state index in [1.54, 1.807) is 16.7 Å². The van der Waals surface area contributed by atoms with Crippen molar-refractivity contribution >= 4 is 31.6 Å². The molecule has 0 aromatic heterocycles. The number of hydrogen-bond acceptors (Lipinski definition) is 5. The maximum atomic E-state index is 13.4. The molecule has 2 aromatic carbocycles. The van der Waals surface area contributed by atoms with Crippen molar-refractivity contribution < 1.29 is 23.8 Å². The Morgan fingerprint density at radius 2 is 1.71 bits per heavy atom. The van der Waals surface area contributed by atoms with Gasteiger partial charge in [-0.05, 0) is 0 Å². The first-order valence-corrected chi connectivity index (χ1v) is 13.7. The number of amides is 2. The molecule has 1 aliphatic heterocycles. The molecule has 0 spiro atoms. The van der Waals surface area contributed by atoms with Gasteiger partial charge in [0.25, 0.3) is 0 Å². The van der Waals surface area contributed by atoms with Gasteiger partial charge in [-0.1, -0.05) is 0 Å². The van der Waals surface area contributed by atoms with Gasteiger partial charge in [0.2, 0.25) is 0 Å². The molecule has 0 bridgehead atoms. The van der Waals surface area contributed by atoms with Crippen LogP contribution in [0.2, 0.25) is 0 Å². The Balaban J connectivity index is 2.05. The van der Waals surface area contributed by atoms with Crippen molar-refractivity contribution in [1.29, 1.82) is 0 Å². The predicted octanol–water partition coefficient (Wildman–Crippen LogP) is 4.37. The summed E-state index contributed by atoms with van der Waals surface area (Å²) in [6.45, 7) is 11.9. The van der Waals surface area contributed by atoms with Gasteiger partial charge in [-0.15, -0.1) is 0 Å². The van der Waals surface area contributed by atoms with Crippen LogP contribution in [0.3, 0.4) is 0 Å². The third-order valence-electron chi connectivity index (χ3n) is 5.44. The Bertz CT molecular complexity index is 978. The predicted molar refractivity (Wildman–Crippen MR) is 137 cm³/mol. The summed E-state index contributed by atoms with van der Waals surface area (Å²) in [5.74, 6) is 0. The zero-order valence-electron chi connectivity index (χ0n) is 21.4. The van der Waals surface area contributed by atoms with Crippen LogP contribution < -0.4 is 4.46 Å². The Hall–Kier alpha value is -2.54. The van der Waals surface area contributed by atoms with Gasteiger partial charge >= 0.3 is 215 Å². The quantitative estimate of drug-likeness (QED) is 0.482. The molecule has 0 radical (unpaired) electrons. The van der Waals surface area contributed by atoms with Crippen LogP contribution in [0.1, 0.15) is 47.1 Å². The van der Waals surface area contributed by atoms with Crippen LogP contribution in [0.25, 0.3) is 0 Å². The molecule has 2 aromatic rings. The van der Waals surface area contributed by atoms with E-state index in [9.17, 15) is 9.59 Å². The van der Waals surface area contributed by atoms with E-state index in [0.29, 0.717) is 6.54 Å². The van der Waals surface area contributed by atoms with Crippen molar-refractivity contribution in [1.82, 2.24) is 9.80 Å². The molecule has 190 valence electrons. The van der Waals surface area contributed by atoms with Crippen molar-refractivity contribution in [3.63, 3.8) is 0 Å². The summed E-state index contributed by atoms with van der Waals surface area (Å²) in [4.78, 5) is 29.8. The van der Waals surface area contributed by atoms with E-state index in [1.807, 2.05) is 83.1 Å². The number of nitrogens with zero attached hydrogens (tertiary/aromatic N) is 2. The summed E-state index contributed by atoms with van der Waals surface area (Å²) in [6.07, 6.45) is -0.865. The van der Waals surface area contributed by atoms with Crippen LogP contribution in [-0.4, -0.2) is 72.5 Å². The number of carbonyl (C=O) groups is 2. The standard InChI is InChI=1S/C27H36N2O5Se/c1-7-32-24(30)28(18-20-14-10-8-11-15-20)23(35-21-16-12-9-13-17-21)22-19-33-27(5,6)29(22)25(31)34-26(2,3)4/h8-17,22-23H,7,18-19H2,1-6H3/t22-,23-/m0/s1. The summed E-state index contributed by atoms with van der Waals surface area (Å²) in [5.41, 5.74) is -0.563. The van der Waals surface area contributed by atoms with Gasteiger partial charge in [0.15, 0.2) is 0 Å². The first-order valence-electron chi connectivity index (χ1n) is 11.9. The zero-order chi connectivity index (χ0) is 25.6. The Morgan fingerprint density at radius 3 is 2.29 bits per heavy atom. The van der Waals surface area contributed by atoms with Crippen LogP contribution >= 0.6 is 0 Å². The van der Waals surface area contributed by atoms with Crippen LogP contribution in [0.4, 0.5) is 9.59 Å². The molecule has 8 heteroatoms. The summed E-state index contributed by atoms with van der Waals surface area (Å²) >= 11 is -0.211. The normalized spacial score (nSPS) is 18.1. The molecule has 0 saturated carbocycles. The van der Waals surface area contributed by atoms with Gasteiger partial charge in [-0.25, -0.2) is 0 Å². The van der Waals surface area contributed by atoms with Crippen LogP contribution in [-0.2, 0) is 20.8 Å². The average molecular weight is 548 g/mol. The molecule has 1 heterocycles. The van der Waals surface area contributed by atoms with Crippen molar-refractivity contribution in [2.45, 2.75) is 70.4 Å². The number of rotatable bonds is 7. The molecule has 1 aliphatic rings. The van der Waals surface area contributed by atoms with Gasteiger partial charge in [-0.2, -0.15) is 0 Å². The number of benzene rings is 2. The van der Waals surface area contributed by atoms with E-state index in [2.05, 4.69) is 12.1 Å². The molecule has 3 rings (SSSR count). The fraction of sp³-hybridized carbons (Fsp3) is 0.481. The van der Waals surface area contributed by atoms with Crippen molar-refractivity contribution in [3.8, 4) is 0 Å². The average Bonchev–Trinajstić information content (AvgIpc) is 3.11. The maximum absolute atomic E-state index is 13.4. The van der Waals surface area contributed by atoms with Gasteiger partial charge < -0.3 is 0 Å². The van der Waals surface area contributed by atoms with Crippen LogP contribution in [0.15, 0.2) is 60.7 Å². The topological polar surface area (TPSA) is 68.3 Å². The van der Waals surface area contributed by atoms with Gasteiger partial charge in [0.05, 0.1) is 0 Å². The minimum absolute atomic E-state index is 0.211. The molecule has 35 heavy (non-hydrogen) atoms. The van der Waals surface area contributed by atoms with Gasteiger partial charge in [0, 0.05) is 0 Å². The molecule has 0 unspecified atom stereocenters. The summed E-state index contributed by atoms with van der Waals surface area (Å²) in [6, 6.07) is 19.5. The Labute approximate surface area is 214 Å². The molecule has 2 atom stereocenters.